The molecule has 0 aliphatic heterocycles. The van der Waals surface area contributed by atoms with Gasteiger partial charge in [-0.15, -0.1) is 5.10 Å². The molecule has 0 saturated heterocycles. The fraction of sp³-hybridized carbons (Fsp3) is 0.0667. The Hall–Kier alpha value is -3.62. The summed E-state index contributed by atoms with van der Waals surface area (Å²) >= 11 is 0. The van der Waals surface area contributed by atoms with Crippen molar-refractivity contribution in [1.29, 1.82) is 0 Å². The number of nitrogens with zero attached hydrogens (tertiary/aromatic N) is 6. The lowest BCUT2D eigenvalue weighted by molar-refractivity contribution is -0.384. The van der Waals surface area contributed by atoms with Gasteiger partial charge in [-0.25, -0.2) is 4.98 Å². The minimum absolute atomic E-state index is 0.149. The lowest BCUT2D eigenvalue weighted by Crippen LogP contribution is -2.19. The molecular weight excluding hydrogens is 312 g/mol. The maximum atomic E-state index is 12.8. The van der Waals surface area contributed by atoms with Crippen LogP contribution in [0.5, 0.6) is 0 Å². The molecule has 0 radical (unpaired) electrons. The summed E-state index contributed by atoms with van der Waals surface area (Å²) in [6, 6.07) is 7.74. The van der Waals surface area contributed by atoms with Crippen LogP contribution in [0.1, 0.15) is 5.82 Å². The Morgan fingerprint density at radius 2 is 2.00 bits per heavy atom. The van der Waals surface area contributed by atoms with Crippen molar-refractivity contribution in [3.8, 4) is 5.69 Å². The average Bonchev–Trinajstić information content (AvgIpc) is 2.96. The van der Waals surface area contributed by atoms with E-state index in [-0.39, 0.29) is 11.4 Å². The first kappa shape index (κ1) is 14.0. The van der Waals surface area contributed by atoms with Crippen LogP contribution in [0.3, 0.4) is 0 Å². The summed E-state index contributed by atoms with van der Waals surface area (Å²) in [5, 5.41) is 15.7. The van der Waals surface area contributed by atoms with Gasteiger partial charge < -0.3 is 0 Å². The number of hydrogen-bond donors (Lipinski definition) is 0. The molecule has 0 atom stereocenters. The minimum Gasteiger partial charge on any atom is -0.277 e. The van der Waals surface area contributed by atoms with E-state index in [1.165, 1.54) is 33.6 Å². The van der Waals surface area contributed by atoms with Gasteiger partial charge in [-0.2, -0.15) is 9.50 Å². The van der Waals surface area contributed by atoms with E-state index in [0.717, 1.165) is 0 Å². The standard InChI is InChI=1S/C15H10N6O3/c1-9-17-15-16-8-10-11(20(15)18-9)6-7-19(14(10)22)12-4-2-3-5-13(12)21(23)24/h2-8H,1H3. The minimum atomic E-state index is -0.520. The lowest BCUT2D eigenvalue weighted by Gasteiger charge is -2.08. The van der Waals surface area contributed by atoms with Crippen LogP contribution < -0.4 is 5.56 Å². The third-order valence-corrected chi connectivity index (χ3v) is 3.68. The van der Waals surface area contributed by atoms with Crippen LogP contribution in [0, 0.1) is 17.0 Å². The summed E-state index contributed by atoms with van der Waals surface area (Å²) in [5.74, 6) is 0.931. The molecule has 0 spiro atoms. The fourth-order valence-electron chi connectivity index (χ4n) is 2.63. The maximum absolute atomic E-state index is 12.8. The maximum Gasteiger partial charge on any atom is 0.293 e. The van der Waals surface area contributed by atoms with Crippen LogP contribution >= 0.6 is 0 Å². The smallest absolute Gasteiger partial charge is 0.277 e. The number of benzene rings is 1. The average molecular weight is 322 g/mol. The van der Waals surface area contributed by atoms with Crippen molar-refractivity contribution in [1.82, 2.24) is 24.1 Å². The van der Waals surface area contributed by atoms with Crippen molar-refractivity contribution >= 4 is 22.4 Å². The molecule has 0 bridgehead atoms. The van der Waals surface area contributed by atoms with Crippen LogP contribution in [0.2, 0.25) is 0 Å². The van der Waals surface area contributed by atoms with Gasteiger partial charge in [-0.3, -0.25) is 19.5 Å². The van der Waals surface area contributed by atoms with Gasteiger partial charge in [0.15, 0.2) is 0 Å². The van der Waals surface area contributed by atoms with Crippen LogP contribution in [0.15, 0.2) is 47.5 Å². The van der Waals surface area contributed by atoms with Gasteiger partial charge in [0.2, 0.25) is 0 Å². The van der Waals surface area contributed by atoms with Crippen molar-refractivity contribution in [2.75, 3.05) is 0 Å². The second-order valence-electron chi connectivity index (χ2n) is 5.16. The molecule has 118 valence electrons. The first-order valence-corrected chi connectivity index (χ1v) is 7.04. The third-order valence-electron chi connectivity index (χ3n) is 3.68. The van der Waals surface area contributed by atoms with Gasteiger partial charge in [-0.1, -0.05) is 12.1 Å². The Labute approximate surface area is 134 Å². The monoisotopic (exact) mass is 322 g/mol. The molecule has 0 unspecified atom stereocenters. The van der Waals surface area contributed by atoms with E-state index in [2.05, 4.69) is 15.1 Å². The number of hydrogen-bond acceptors (Lipinski definition) is 6. The summed E-state index contributed by atoms with van der Waals surface area (Å²) in [5.41, 5.74) is 0.179. The van der Waals surface area contributed by atoms with Crippen molar-refractivity contribution in [3.05, 3.63) is 69.0 Å². The molecule has 4 aromatic rings. The molecule has 1 aromatic carbocycles. The van der Waals surface area contributed by atoms with Crippen LogP contribution in [0.4, 0.5) is 5.69 Å². The van der Waals surface area contributed by atoms with Crippen LogP contribution in [-0.2, 0) is 0 Å². The number of para-hydroxylation sites is 2. The number of rotatable bonds is 2. The van der Waals surface area contributed by atoms with E-state index in [9.17, 15) is 14.9 Å². The van der Waals surface area contributed by atoms with Crippen molar-refractivity contribution in [3.63, 3.8) is 0 Å². The molecule has 0 fully saturated rings. The normalized spacial score (nSPS) is 11.2. The first-order valence-electron chi connectivity index (χ1n) is 7.04. The second kappa shape index (κ2) is 4.95. The Morgan fingerprint density at radius 1 is 1.21 bits per heavy atom. The summed E-state index contributed by atoms with van der Waals surface area (Å²) in [4.78, 5) is 31.8. The summed E-state index contributed by atoms with van der Waals surface area (Å²) in [6.07, 6.45) is 2.90. The number of pyridine rings is 1. The van der Waals surface area contributed by atoms with Crippen LogP contribution in [0.25, 0.3) is 22.4 Å². The summed E-state index contributed by atoms with van der Waals surface area (Å²) in [7, 11) is 0. The second-order valence-corrected chi connectivity index (χ2v) is 5.16. The molecule has 3 aromatic heterocycles. The van der Waals surface area contributed by atoms with Crippen molar-refractivity contribution in [2.24, 2.45) is 0 Å². The molecule has 0 saturated carbocycles. The van der Waals surface area contributed by atoms with Gasteiger partial charge in [0.25, 0.3) is 17.0 Å². The number of aromatic nitrogens is 5. The highest BCUT2D eigenvalue weighted by Gasteiger charge is 2.17. The zero-order valence-electron chi connectivity index (χ0n) is 12.4. The Balaban J connectivity index is 2.06. The fourth-order valence-corrected chi connectivity index (χ4v) is 2.63. The number of nitro benzene ring substituents is 1. The Kier molecular flexibility index (Phi) is 2.89. The number of fused-ring (bicyclic) bond motifs is 3. The van der Waals surface area contributed by atoms with Crippen molar-refractivity contribution < 1.29 is 4.92 Å². The Morgan fingerprint density at radius 3 is 2.79 bits per heavy atom. The zero-order chi connectivity index (χ0) is 16.8. The highest BCUT2D eigenvalue weighted by molar-refractivity contribution is 5.79. The van der Waals surface area contributed by atoms with Gasteiger partial charge in [0, 0.05) is 18.5 Å². The number of nitro groups is 1. The molecule has 0 amide bonds. The zero-order valence-corrected chi connectivity index (χ0v) is 12.4. The van der Waals surface area contributed by atoms with Crippen LogP contribution in [-0.4, -0.2) is 29.1 Å². The van der Waals surface area contributed by atoms with E-state index >= 15 is 0 Å². The molecule has 9 heteroatoms. The first-order chi connectivity index (χ1) is 11.6. The molecule has 0 aliphatic carbocycles. The number of aryl methyl sites for hydroxylation is 1. The lowest BCUT2D eigenvalue weighted by atomic mass is 10.2. The van der Waals surface area contributed by atoms with Gasteiger partial charge in [-0.05, 0) is 19.1 Å². The van der Waals surface area contributed by atoms with Gasteiger partial charge >= 0.3 is 0 Å². The summed E-state index contributed by atoms with van der Waals surface area (Å²) < 4.78 is 2.72. The quantitative estimate of drug-likeness (QED) is 0.410. The highest BCUT2D eigenvalue weighted by Crippen LogP contribution is 2.21. The molecule has 4 rings (SSSR count). The molecule has 9 nitrogen and oxygen atoms in total. The molecule has 3 heterocycles. The molecule has 0 aliphatic rings. The van der Waals surface area contributed by atoms with E-state index in [0.29, 0.717) is 22.5 Å². The van der Waals surface area contributed by atoms with E-state index < -0.39 is 10.5 Å². The molecular formula is C15H10N6O3. The topological polar surface area (TPSA) is 108 Å². The highest BCUT2D eigenvalue weighted by atomic mass is 16.6. The predicted octanol–water partition coefficient (Wildman–Crippen LogP) is 1.65. The summed E-state index contributed by atoms with van der Waals surface area (Å²) in [6.45, 7) is 1.73. The van der Waals surface area contributed by atoms with E-state index in [1.807, 2.05) is 0 Å². The predicted molar refractivity (Wildman–Crippen MR) is 85.3 cm³/mol. The SMILES string of the molecule is Cc1nc2ncc3c(=O)n(-c4ccccc4[N+](=O)[O-])ccc3n2n1. The van der Waals surface area contributed by atoms with Gasteiger partial charge in [0.05, 0.1) is 15.8 Å². The third kappa shape index (κ3) is 1.95. The van der Waals surface area contributed by atoms with E-state index in [4.69, 9.17) is 0 Å². The molecule has 0 N–H and O–H groups in total. The van der Waals surface area contributed by atoms with E-state index in [1.54, 1.807) is 25.1 Å². The Bertz CT molecular complexity index is 1180. The van der Waals surface area contributed by atoms with Crippen molar-refractivity contribution in [2.45, 2.75) is 6.92 Å². The molecule has 24 heavy (non-hydrogen) atoms. The largest absolute Gasteiger partial charge is 0.293 e. The van der Waals surface area contributed by atoms with Gasteiger partial charge in [0.1, 0.15) is 11.5 Å².